The van der Waals surface area contributed by atoms with Crippen LogP contribution in [0.1, 0.15) is 25.0 Å². The fourth-order valence-corrected chi connectivity index (χ4v) is 5.57. The van der Waals surface area contributed by atoms with E-state index in [0.717, 1.165) is 26.0 Å². The van der Waals surface area contributed by atoms with Crippen molar-refractivity contribution in [3.8, 4) is 23.0 Å². The van der Waals surface area contributed by atoms with E-state index in [1.807, 2.05) is 0 Å². The molecule has 0 spiro atoms. The van der Waals surface area contributed by atoms with Gasteiger partial charge in [0.15, 0.2) is 41.5 Å². The number of ether oxygens (including phenoxy) is 9. The van der Waals surface area contributed by atoms with Crippen LogP contribution in [0.2, 0.25) is 0 Å². The molecule has 0 bridgehead atoms. The van der Waals surface area contributed by atoms with E-state index in [4.69, 9.17) is 42.6 Å². The lowest BCUT2D eigenvalue weighted by Crippen LogP contribution is -2.64. The van der Waals surface area contributed by atoms with Gasteiger partial charge in [0.05, 0.1) is 14.2 Å². The van der Waals surface area contributed by atoms with Crippen LogP contribution in [-0.2, 0) is 52.3 Å². The number of methoxy groups -OCH3 is 2. The molecule has 0 amide bonds. The number of hydrogen-bond donors (Lipinski definition) is 6. The van der Waals surface area contributed by atoms with E-state index in [1.165, 1.54) is 62.8 Å². The lowest BCUT2D eigenvalue weighted by atomic mass is 9.98. The van der Waals surface area contributed by atoms with E-state index in [0.29, 0.717) is 11.1 Å². The van der Waals surface area contributed by atoms with Gasteiger partial charge in [0.1, 0.15) is 50.3 Å². The van der Waals surface area contributed by atoms with Gasteiger partial charge in [-0.3, -0.25) is 9.59 Å². The Hall–Kier alpha value is -5.28. The Labute approximate surface area is 313 Å². The van der Waals surface area contributed by atoms with Crippen molar-refractivity contribution >= 4 is 36.0 Å². The van der Waals surface area contributed by atoms with Crippen molar-refractivity contribution in [2.24, 2.45) is 0 Å². The highest BCUT2D eigenvalue weighted by Crippen LogP contribution is 2.39. The number of aliphatic hydroxyl groups is 4. The average molecular weight is 779 g/mol. The van der Waals surface area contributed by atoms with Crippen LogP contribution in [0.3, 0.4) is 0 Å². The molecule has 0 unspecified atom stereocenters. The highest BCUT2D eigenvalue weighted by Gasteiger charge is 2.61. The van der Waals surface area contributed by atoms with Crippen molar-refractivity contribution < 1.29 is 92.4 Å². The van der Waals surface area contributed by atoms with Crippen LogP contribution in [0.25, 0.3) is 12.2 Å². The van der Waals surface area contributed by atoms with E-state index in [1.54, 1.807) is 0 Å². The summed E-state index contributed by atoms with van der Waals surface area (Å²) in [4.78, 5) is 49.1. The van der Waals surface area contributed by atoms with Crippen molar-refractivity contribution in [3.63, 3.8) is 0 Å². The Balaban J connectivity index is 1.59. The van der Waals surface area contributed by atoms with Crippen molar-refractivity contribution in [2.45, 2.75) is 68.7 Å². The number of phenolic OH excluding ortho intramolecular Hbond substituents is 2. The molecular weight excluding hydrogens is 736 g/mol. The molecule has 19 nitrogen and oxygen atoms in total. The monoisotopic (exact) mass is 778 g/mol. The topological polar surface area (TPSA) is 273 Å². The van der Waals surface area contributed by atoms with Gasteiger partial charge in [0.2, 0.25) is 5.79 Å². The summed E-state index contributed by atoms with van der Waals surface area (Å²) >= 11 is 0. The van der Waals surface area contributed by atoms with Gasteiger partial charge in [0, 0.05) is 26.0 Å². The predicted molar refractivity (Wildman–Crippen MR) is 183 cm³/mol. The molecule has 2 aliphatic rings. The quantitative estimate of drug-likeness (QED) is 0.0770. The third-order valence-corrected chi connectivity index (χ3v) is 8.27. The Morgan fingerprint density at radius 2 is 1.31 bits per heavy atom. The van der Waals surface area contributed by atoms with Crippen LogP contribution in [0.15, 0.2) is 48.6 Å². The Morgan fingerprint density at radius 3 is 1.84 bits per heavy atom. The van der Waals surface area contributed by atoms with E-state index >= 15 is 0 Å². The minimum atomic E-state index is -2.58. The third kappa shape index (κ3) is 10.7. The van der Waals surface area contributed by atoms with Gasteiger partial charge in [0.25, 0.3) is 0 Å². The third-order valence-electron chi connectivity index (χ3n) is 8.27. The smallest absolute Gasteiger partial charge is 0.331 e. The van der Waals surface area contributed by atoms with Crippen molar-refractivity contribution in [1.82, 2.24) is 0 Å². The summed E-state index contributed by atoms with van der Waals surface area (Å²) in [6, 6.07) is 8.47. The molecule has 2 heterocycles. The van der Waals surface area contributed by atoms with Crippen LogP contribution in [0, 0.1) is 0 Å². The second kappa shape index (κ2) is 18.8. The summed E-state index contributed by atoms with van der Waals surface area (Å²) in [5, 5.41) is 63.6. The number of carbonyl (C=O) groups is 4. The molecule has 55 heavy (non-hydrogen) atoms. The molecule has 0 aliphatic carbocycles. The minimum Gasteiger partial charge on any atom is -0.504 e. The van der Waals surface area contributed by atoms with Crippen LogP contribution in [0.4, 0.5) is 0 Å². The average Bonchev–Trinajstić information content (AvgIpc) is 3.41. The fraction of sp³-hybridized carbons (Fsp3) is 0.444. The van der Waals surface area contributed by atoms with Gasteiger partial charge >= 0.3 is 23.9 Å². The summed E-state index contributed by atoms with van der Waals surface area (Å²) < 4.78 is 48.3. The van der Waals surface area contributed by atoms with Gasteiger partial charge < -0.3 is 73.3 Å². The number of hydrogen-bond acceptors (Lipinski definition) is 19. The number of phenols is 2. The van der Waals surface area contributed by atoms with E-state index < -0.39 is 98.5 Å². The van der Waals surface area contributed by atoms with E-state index in [-0.39, 0.29) is 23.0 Å². The molecule has 2 aliphatic heterocycles. The largest absolute Gasteiger partial charge is 0.504 e. The van der Waals surface area contributed by atoms with E-state index in [2.05, 4.69) is 0 Å². The number of aliphatic hydroxyl groups excluding tert-OH is 4. The zero-order valence-corrected chi connectivity index (χ0v) is 30.0. The van der Waals surface area contributed by atoms with Crippen LogP contribution >= 0.6 is 0 Å². The number of benzene rings is 2. The standard InChI is InChI=1S/C36H42O19/c1-18(38)49-16-27-33(51-19(2)39)31(45)32(46)35(52-27)55-36(17-37)34(53-29(43)12-8-21-6-10-23(41)25(14-21)48-4)30(44)26(54-36)15-50-28(42)11-7-20-5-9-22(40)24(13-20)47-3/h5-14,26-27,30-35,37,40-41,44-46H,15-17H2,1-4H3/b11-7+,12-8+/t26-,27+,30+,31+,32-,33-,34-,35+,36+/m1/s1. The first-order valence-corrected chi connectivity index (χ1v) is 16.6. The first kappa shape index (κ1) is 42.5. The fourth-order valence-electron chi connectivity index (χ4n) is 5.57. The van der Waals surface area contributed by atoms with Crippen molar-refractivity contribution in [1.29, 1.82) is 0 Å². The van der Waals surface area contributed by atoms with Gasteiger partial charge in [-0.15, -0.1) is 0 Å². The van der Waals surface area contributed by atoms with Gasteiger partial charge in [-0.1, -0.05) is 12.1 Å². The molecular formula is C36H42O19. The molecule has 300 valence electrons. The normalized spacial score (nSPS) is 27.8. The van der Waals surface area contributed by atoms with Crippen molar-refractivity contribution in [2.75, 3.05) is 34.0 Å². The van der Waals surface area contributed by atoms with Gasteiger partial charge in [-0.25, -0.2) is 9.59 Å². The number of rotatable bonds is 15. The lowest BCUT2D eigenvalue weighted by molar-refractivity contribution is -0.383. The molecule has 4 rings (SSSR count). The van der Waals surface area contributed by atoms with Crippen molar-refractivity contribution in [3.05, 3.63) is 59.7 Å². The second-order valence-corrected chi connectivity index (χ2v) is 12.2. The van der Waals surface area contributed by atoms with Crippen LogP contribution in [0.5, 0.6) is 23.0 Å². The maximum absolute atomic E-state index is 13.1. The summed E-state index contributed by atoms with van der Waals surface area (Å²) in [6.07, 6.45) is -9.72. The number of carbonyl (C=O) groups excluding carboxylic acids is 4. The Bertz CT molecular complexity index is 1740. The molecule has 19 heteroatoms. The molecule has 0 radical (unpaired) electrons. The van der Waals surface area contributed by atoms with Gasteiger partial charge in [-0.05, 0) is 47.5 Å². The maximum Gasteiger partial charge on any atom is 0.331 e. The molecule has 2 fully saturated rings. The highest BCUT2D eigenvalue weighted by molar-refractivity contribution is 5.88. The molecule has 0 aromatic heterocycles. The summed E-state index contributed by atoms with van der Waals surface area (Å²) in [5.74, 6) is -6.28. The predicted octanol–water partition coefficient (Wildman–Crippen LogP) is -0.297. The molecule has 0 saturated carbocycles. The molecule has 2 saturated heterocycles. The first-order valence-electron chi connectivity index (χ1n) is 16.6. The van der Waals surface area contributed by atoms with E-state index in [9.17, 15) is 49.8 Å². The molecule has 9 atom stereocenters. The summed E-state index contributed by atoms with van der Waals surface area (Å²) in [7, 11) is 2.67. The number of aromatic hydroxyl groups is 2. The van der Waals surface area contributed by atoms with Gasteiger partial charge in [-0.2, -0.15) is 0 Å². The summed E-state index contributed by atoms with van der Waals surface area (Å²) in [6.45, 7) is -0.389. The number of esters is 4. The molecule has 6 N–H and O–H groups in total. The lowest BCUT2D eigenvalue weighted by Gasteiger charge is -2.44. The Kier molecular flexibility index (Phi) is 14.6. The molecule has 2 aromatic carbocycles. The molecule has 2 aromatic rings. The Morgan fingerprint density at radius 1 is 0.745 bits per heavy atom. The highest BCUT2D eigenvalue weighted by atomic mass is 16.8. The van der Waals surface area contributed by atoms with Crippen LogP contribution < -0.4 is 9.47 Å². The summed E-state index contributed by atoms with van der Waals surface area (Å²) in [5.41, 5.74) is 0.843. The maximum atomic E-state index is 13.1. The minimum absolute atomic E-state index is 0.106. The van der Waals surface area contributed by atoms with Crippen LogP contribution in [-0.4, -0.2) is 143 Å². The zero-order valence-electron chi connectivity index (χ0n) is 30.0. The second-order valence-electron chi connectivity index (χ2n) is 12.2. The zero-order chi connectivity index (χ0) is 40.4. The first-order chi connectivity index (χ1) is 26.1. The SMILES string of the molecule is COc1cc(/C=C/C(=O)OC[C@H]2O[C@@](CO)(O[C@@H]3O[C@@H](COC(C)=O)[C@@H](OC(C)=O)[C@@H](O)[C@H]3O)[C@H](OC(=O)/C=C/c3ccc(O)c(OC)c3)[C@H]2O)ccc1O.